The van der Waals surface area contributed by atoms with Crippen molar-refractivity contribution in [3.63, 3.8) is 0 Å². The van der Waals surface area contributed by atoms with Crippen LogP contribution in [0.15, 0.2) is 24.3 Å². The summed E-state index contributed by atoms with van der Waals surface area (Å²) >= 11 is 22.9. The van der Waals surface area contributed by atoms with Crippen molar-refractivity contribution >= 4 is 56.0 Å². The van der Waals surface area contributed by atoms with Crippen molar-refractivity contribution in [2.24, 2.45) is 0 Å². The molecule has 1 aromatic rings. The second-order valence-electron chi connectivity index (χ2n) is 2.00. The van der Waals surface area contributed by atoms with Gasteiger partial charge < -0.3 is 0 Å². The van der Waals surface area contributed by atoms with Crippen LogP contribution in [0.4, 0.5) is 0 Å². The van der Waals surface area contributed by atoms with Gasteiger partial charge in [-0.3, -0.25) is 0 Å². The van der Waals surface area contributed by atoms with Crippen LogP contribution in [0.25, 0.3) is 0 Å². The first kappa shape index (κ1) is 9.68. The van der Waals surface area contributed by atoms with Crippen LogP contribution in [-0.2, 0) is 0 Å². The summed E-state index contributed by atoms with van der Waals surface area (Å²) in [5.74, 6) is 0. The summed E-state index contributed by atoms with van der Waals surface area (Å²) < 4.78 is 0. The second kappa shape index (κ2) is 3.54. The number of halogens is 4. The standard InChI is InChI=1S/C6H4Cl4Si/c7-5-1-3-6(4-2-5)11(8,9)10/h1-4H. The predicted molar refractivity (Wildman–Crippen MR) is 54.4 cm³/mol. The molecule has 0 amide bonds. The van der Waals surface area contributed by atoms with Crippen LogP contribution >= 0.6 is 44.8 Å². The van der Waals surface area contributed by atoms with E-state index in [1.807, 2.05) is 0 Å². The molecule has 5 heteroatoms. The Morgan fingerprint density at radius 3 is 1.73 bits per heavy atom. The van der Waals surface area contributed by atoms with Gasteiger partial charge in [0, 0.05) is 5.02 Å². The lowest BCUT2D eigenvalue weighted by Gasteiger charge is -2.06. The van der Waals surface area contributed by atoms with E-state index < -0.39 is 6.00 Å². The van der Waals surface area contributed by atoms with E-state index in [4.69, 9.17) is 44.8 Å². The van der Waals surface area contributed by atoms with Crippen molar-refractivity contribution < 1.29 is 0 Å². The van der Waals surface area contributed by atoms with E-state index in [1.54, 1.807) is 24.3 Å². The number of benzene rings is 1. The Morgan fingerprint density at radius 2 is 1.36 bits per heavy atom. The highest BCUT2D eigenvalue weighted by Gasteiger charge is 2.27. The largest absolute Gasteiger partial charge is 0.372 e. The Hall–Kier alpha value is 0.597. The van der Waals surface area contributed by atoms with Gasteiger partial charge in [-0.1, -0.05) is 23.7 Å². The average Bonchev–Trinajstić information content (AvgIpc) is 1.86. The molecule has 60 valence electrons. The number of hydrogen-bond acceptors (Lipinski definition) is 0. The normalized spacial score (nSPS) is 11.6. The van der Waals surface area contributed by atoms with Gasteiger partial charge in [0.2, 0.25) is 0 Å². The first-order valence-corrected chi connectivity index (χ1v) is 8.24. The Balaban J connectivity index is 2.99. The maximum atomic E-state index is 5.74. The van der Waals surface area contributed by atoms with Gasteiger partial charge in [0.05, 0.1) is 0 Å². The molecule has 0 aromatic heterocycles. The molecule has 0 N–H and O–H groups in total. The molecular weight excluding hydrogens is 242 g/mol. The SMILES string of the molecule is Clc1ccc([Si](Cl)(Cl)Cl)cc1. The molecule has 0 saturated heterocycles. The summed E-state index contributed by atoms with van der Waals surface area (Å²) in [7, 11) is 0. The van der Waals surface area contributed by atoms with Gasteiger partial charge in [-0.05, 0) is 17.3 Å². The molecule has 0 atom stereocenters. The van der Waals surface area contributed by atoms with Gasteiger partial charge >= 0.3 is 6.00 Å². The van der Waals surface area contributed by atoms with Crippen LogP contribution in [0.1, 0.15) is 0 Å². The molecular formula is C6H4Cl4Si. The molecule has 11 heavy (non-hydrogen) atoms. The number of rotatable bonds is 1. The minimum Gasteiger partial charge on any atom is -0.121 e. The predicted octanol–water partition coefficient (Wildman–Crippen LogP) is 3.20. The Labute approximate surface area is 85.1 Å². The maximum Gasteiger partial charge on any atom is 0.372 e. The lowest BCUT2D eigenvalue weighted by Crippen LogP contribution is -2.29. The van der Waals surface area contributed by atoms with Crippen molar-refractivity contribution in [1.82, 2.24) is 0 Å². The highest BCUT2D eigenvalue weighted by molar-refractivity contribution is 7.69. The van der Waals surface area contributed by atoms with Gasteiger partial charge in [-0.15, -0.1) is 33.2 Å². The molecule has 0 aliphatic heterocycles. The summed E-state index contributed by atoms with van der Waals surface area (Å²) in [6.45, 7) is 0. The topological polar surface area (TPSA) is 0 Å². The smallest absolute Gasteiger partial charge is 0.121 e. The molecule has 0 heterocycles. The van der Waals surface area contributed by atoms with Crippen LogP contribution in [-0.4, -0.2) is 6.00 Å². The van der Waals surface area contributed by atoms with E-state index in [-0.39, 0.29) is 0 Å². The zero-order valence-corrected chi connectivity index (χ0v) is 9.34. The second-order valence-corrected chi connectivity index (χ2v) is 10.9. The minimum atomic E-state index is -2.70. The van der Waals surface area contributed by atoms with Crippen molar-refractivity contribution in [3.05, 3.63) is 29.3 Å². The van der Waals surface area contributed by atoms with Crippen molar-refractivity contribution in [2.75, 3.05) is 0 Å². The molecule has 0 aliphatic rings. The molecule has 1 aromatic carbocycles. The molecule has 0 saturated carbocycles. The summed E-state index contributed by atoms with van der Waals surface area (Å²) in [4.78, 5) is 0. The van der Waals surface area contributed by atoms with E-state index in [0.717, 1.165) is 5.19 Å². The molecule has 0 nitrogen and oxygen atoms in total. The van der Waals surface area contributed by atoms with Crippen LogP contribution in [0.3, 0.4) is 0 Å². The molecule has 0 spiro atoms. The highest BCUT2D eigenvalue weighted by atomic mass is 35.8. The fourth-order valence-electron chi connectivity index (χ4n) is 0.639. The maximum absolute atomic E-state index is 5.74. The summed E-state index contributed by atoms with van der Waals surface area (Å²) in [5.41, 5.74) is 0. The van der Waals surface area contributed by atoms with Crippen molar-refractivity contribution in [2.45, 2.75) is 0 Å². The zero-order chi connectivity index (χ0) is 8.48. The minimum absolute atomic E-state index is 0.650. The molecule has 0 radical (unpaired) electrons. The van der Waals surface area contributed by atoms with Gasteiger partial charge in [0.1, 0.15) is 0 Å². The summed E-state index contributed by atoms with van der Waals surface area (Å²) in [6, 6.07) is 4.21. The lowest BCUT2D eigenvalue weighted by molar-refractivity contribution is 1.76. The Bertz CT molecular complexity index is 238. The highest BCUT2D eigenvalue weighted by Crippen LogP contribution is 2.20. The first-order chi connectivity index (χ1) is 5.00. The third kappa shape index (κ3) is 2.84. The van der Waals surface area contributed by atoms with Gasteiger partial charge in [0.25, 0.3) is 0 Å². The third-order valence-electron chi connectivity index (χ3n) is 1.17. The van der Waals surface area contributed by atoms with E-state index in [0.29, 0.717) is 5.02 Å². The van der Waals surface area contributed by atoms with E-state index in [2.05, 4.69) is 0 Å². The van der Waals surface area contributed by atoms with Crippen molar-refractivity contribution in [3.8, 4) is 0 Å². The van der Waals surface area contributed by atoms with Crippen LogP contribution in [0.2, 0.25) is 5.02 Å². The van der Waals surface area contributed by atoms with Gasteiger partial charge in [0.15, 0.2) is 0 Å². The summed E-state index contributed by atoms with van der Waals surface area (Å²) in [5, 5.41) is 1.41. The Kier molecular flexibility index (Phi) is 3.12. The van der Waals surface area contributed by atoms with E-state index in [1.165, 1.54) is 0 Å². The van der Waals surface area contributed by atoms with E-state index in [9.17, 15) is 0 Å². The monoisotopic (exact) mass is 244 g/mol. The van der Waals surface area contributed by atoms with Crippen LogP contribution in [0, 0.1) is 0 Å². The fraction of sp³-hybridized carbons (Fsp3) is 0. The molecule has 0 unspecified atom stereocenters. The van der Waals surface area contributed by atoms with Gasteiger partial charge in [-0.2, -0.15) is 0 Å². The third-order valence-corrected chi connectivity index (χ3v) is 4.38. The molecule has 0 fully saturated rings. The summed E-state index contributed by atoms with van der Waals surface area (Å²) in [6.07, 6.45) is 0. The molecule has 1 rings (SSSR count). The van der Waals surface area contributed by atoms with Crippen LogP contribution in [0.5, 0.6) is 0 Å². The quantitative estimate of drug-likeness (QED) is 0.527. The molecule has 0 bridgehead atoms. The van der Waals surface area contributed by atoms with E-state index >= 15 is 0 Å². The van der Waals surface area contributed by atoms with Gasteiger partial charge in [-0.25, -0.2) is 0 Å². The average molecular weight is 246 g/mol. The van der Waals surface area contributed by atoms with Crippen molar-refractivity contribution in [1.29, 1.82) is 0 Å². The fourth-order valence-corrected chi connectivity index (χ4v) is 2.44. The zero-order valence-electron chi connectivity index (χ0n) is 5.32. The Morgan fingerprint density at radius 1 is 0.909 bits per heavy atom. The first-order valence-electron chi connectivity index (χ1n) is 2.83. The lowest BCUT2D eigenvalue weighted by atomic mass is 10.4. The molecule has 0 aliphatic carbocycles. The number of hydrogen-bond donors (Lipinski definition) is 0. The van der Waals surface area contributed by atoms with Crippen LogP contribution < -0.4 is 5.19 Å².